The summed E-state index contributed by atoms with van der Waals surface area (Å²) >= 11 is 0. The molecule has 24 heavy (non-hydrogen) atoms. The van der Waals surface area contributed by atoms with E-state index in [1.165, 1.54) is 0 Å². The molecule has 0 spiro atoms. The molecule has 1 aromatic heterocycles. The summed E-state index contributed by atoms with van der Waals surface area (Å²) in [6, 6.07) is 7.80. The van der Waals surface area contributed by atoms with Gasteiger partial charge in [-0.05, 0) is 12.5 Å². The van der Waals surface area contributed by atoms with Crippen molar-refractivity contribution in [2.75, 3.05) is 26.2 Å². The number of hydrogen-bond donors (Lipinski definition) is 0. The quantitative estimate of drug-likeness (QED) is 0.856. The maximum absolute atomic E-state index is 12.7. The fourth-order valence-electron chi connectivity index (χ4n) is 3.61. The van der Waals surface area contributed by atoms with E-state index in [-0.39, 0.29) is 24.1 Å². The van der Waals surface area contributed by atoms with E-state index in [2.05, 4.69) is 5.10 Å². The van der Waals surface area contributed by atoms with E-state index in [1.54, 1.807) is 9.58 Å². The van der Waals surface area contributed by atoms with E-state index in [1.807, 2.05) is 42.3 Å². The smallest absolute Gasteiger partial charge is 0.410 e. The molecule has 126 valence electrons. The molecule has 2 aliphatic heterocycles. The number of nitrogens with zero attached hydrogens (tertiary/aromatic N) is 4. The molecule has 2 amide bonds. The second kappa shape index (κ2) is 5.51. The van der Waals surface area contributed by atoms with Gasteiger partial charge in [0.15, 0.2) is 0 Å². The fourth-order valence-corrected chi connectivity index (χ4v) is 3.61. The van der Waals surface area contributed by atoms with Gasteiger partial charge in [-0.3, -0.25) is 14.4 Å². The number of amides is 2. The molecule has 2 saturated heterocycles. The number of hydrogen-bond acceptors (Lipinski definition) is 4. The first kappa shape index (κ1) is 15.0. The van der Waals surface area contributed by atoms with Crippen molar-refractivity contribution in [3.05, 3.63) is 30.5 Å². The van der Waals surface area contributed by atoms with Crippen LogP contribution in [-0.4, -0.2) is 63.4 Å². The Morgan fingerprint density at radius 1 is 1.33 bits per heavy atom. The Labute approximate surface area is 139 Å². The van der Waals surface area contributed by atoms with Gasteiger partial charge in [0, 0.05) is 31.2 Å². The third kappa shape index (κ3) is 2.31. The maximum Gasteiger partial charge on any atom is 0.410 e. The molecule has 0 radical (unpaired) electrons. The van der Waals surface area contributed by atoms with Crippen molar-refractivity contribution in [3.63, 3.8) is 0 Å². The number of cyclic esters (lactones) is 1. The monoisotopic (exact) mass is 328 g/mol. The highest BCUT2D eigenvalue weighted by Gasteiger charge is 2.50. The Morgan fingerprint density at radius 3 is 2.96 bits per heavy atom. The Balaban J connectivity index is 1.49. The van der Waals surface area contributed by atoms with Gasteiger partial charge < -0.3 is 9.64 Å². The summed E-state index contributed by atoms with van der Waals surface area (Å²) in [4.78, 5) is 28.1. The standard InChI is InChI=1S/C17H20N4O3/c1-2-17-11-19(7-8-21(17)16(23)24-12-17)15(22)10-20-9-13-5-3-4-6-14(13)18-20/h3-6,9H,2,7-8,10-12H2,1H3. The van der Waals surface area contributed by atoms with Crippen molar-refractivity contribution in [1.82, 2.24) is 19.6 Å². The van der Waals surface area contributed by atoms with E-state index in [9.17, 15) is 9.59 Å². The van der Waals surface area contributed by atoms with Crippen molar-refractivity contribution in [2.24, 2.45) is 0 Å². The summed E-state index contributed by atoms with van der Waals surface area (Å²) in [5, 5.41) is 5.47. The van der Waals surface area contributed by atoms with Gasteiger partial charge in [0.2, 0.25) is 5.91 Å². The lowest BCUT2D eigenvalue weighted by Gasteiger charge is -2.44. The lowest BCUT2D eigenvalue weighted by Crippen LogP contribution is -2.62. The summed E-state index contributed by atoms with van der Waals surface area (Å²) in [7, 11) is 0. The Kier molecular flexibility index (Phi) is 3.44. The molecule has 0 N–H and O–H groups in total. The molecule has 2 aliphatic rings. The van der Waals surface area contributed by atoms with Crippen LogP contribution in [0.25, 0.3) is 10.9 Å². The van der Waals surface area contributed by atoms with Gasteiger partial charge in [-0.1, -0.05) is 25.1 Å². The van der Waals surface area contributed by atoms with Gasteiger partial charge in [-0.25, -0.2) is 4.79 Å². The van der Waals surface area contributed by atoms with Crippen LogP contribution in [0.2, 0.25) is 0 Å². The Morgan fingerprint density at radius 2 is 2.17 bits per heavy atom. The lowest BCUT2D eigenvalue weighted by atomic mass is 9.93. The summed E-state index contributed by atoms with van der Waals surface area (Å²) in [6.07, 6.45) is 2.40. The highest BCUT2D eigenvalue weighted by Crippen LogP contribution is 2.31. The third-order valence-electron chi connectivity index (χ3n) is 5.11. The highest BCUT2D eigenvalue weighted by molar-refractivity contribution is 5.80. The van der Waals surface area contributed by atoms with Crippen LogP contribution in [0.3, 0.4) is 0 Å². The van der Waals surface area contributed by atoms with Crippen molar-refractivity contribution >= 4 is 22.9 Å². The van der Waals surface area contributed by atoms with Crippen LogP contribution in [0, 0.1) is 0 Å². The number of benzene rings is 1. The van der Waals surface area contributed by atoms with Gasteiger partial charge in [0.1, 0.15) is 13.2 Å². The molecule has 1 aromatic carbocycles. The number of ether oxygens (including phenoxy) is 1. The van der Waals surface area contributed by atoms with Crippen LogP contribution in [-0.2, 0) is 16.1 Å². The van der Waals surface area contributed by atoms with Crippen molar-refractivity contribution < 1.29 is 14.3 Å². The molecule has 0 aliphatic carbocycles. The third-order valence-corrected chi connectivity index (χ3v) is 5.11. The van der Waals surface area contributed by atoms with Gasteiger partial charge >= 0.3 is 6.09 Å². The Hall–Kier alpha value is -2.57. The number of carbonyl (C=O) groups excluding carboxylic acids is 2. The van der Waals surface area contributed by atoms with Crippen LogP contribution in [0.1, 0.15) is 13.3 Å². The van der Waals surface area contributed by atoms with E-state index >= 15 is 0 Å². The molecule has 2 fully saturated rings. The van der Waals surface area contributed by atoms with Crippen LogP contribution in [0.15, 0.2) is 30.5 Å². The van der Waals surface area contributed by atoms with E-state index in [0.29, 0.717) is 26.2 Å². The minimum Gasteiger partial charge on any atom is -0.447 e. The SMILES string of the molecule is CCC12COC(=O)N1CCN(C(=O)Cn1cc3ccccc3n1)C2. The normalized spacial score (nSPS) is 23.5. The first-order valence-corrected chi connectivity index (χ1v) is 8.26. The zero-order valence-corrected chi connectivity index (χ0v) is 13.6. The summed E-state index contributed by atoms with van der Waals surface area (Å²) < 4.78 is 6.90. The van der Waals surface area contributed by atoms with Crippen LogP contribution < -0.4 is 0 Å². The van der Waals surface area contributed by atoms with Crippen LogP contribution >= 0.6 is 0 Å². The summed E-state index contributed by atoms with van der Waals surface area (Å²) in [5.41, 5.74) is 0.509. The maximum atomic E-state index is 12.7. The average molecular weight is 328 g/mol. The molecule has 4 rings (SSSR count). The number of carbonyl (C=O) groups is 2. The number of rotatable bonds is 3. The van der Waals surface area contributed by atoms with Gasteiger partial charge in [-0.15, -0.1) is 0 Å². The first-order chi connectivity index (χ1) is 11.6. The Bertz CT molecular complexity index is 769. The van der Waals surface area contributed by atoms with Crippen molar-refractivity contribution in [2.45, 2.75) is 25.4 Å². The highest BCUT2D eigenvalue weighted by atomic mass is 16.6. The van der Waals surface area contributed by atoms with Crippen molar-refractivity contribution in [3.8, 4) is 0 Å². The molecule has 0 saturated carbocycles. The molecular formula is C17H20N4O3. The zero-order valence-electron chi connectivity index (χ0n) is 13.6. The topological polar surface area (TPSA) is 67.7 Å². The molecule has 3 heterocycles. The van der Waals surface area contributed by atoms with Gasteiger partial charge in [0.05, 0.1) is 11.1 Å². The second-order valence-corrected chi connectivity index (χ2v) is 6.48. The molecule has 0 bridgehead atoms. The number of aromatic nitrogens is 2. The summed E-state index contributed by atoms with van der Waals surface area (Å²) in [6.45, 7) is 4.19. The number of piperazine rings is 1. The zero-order chi connectivity index (χ0) is 16.7. The molecule has 7 nitrogen and oxygen atoms in total. The minimum absolute atomic E-state index is 0.0228. The fraction of sp³-hybridized carbons (Fsp3) is 0.471. The van der Waals surface area contributed by atoms with E-state index < -0.39 is 0 Å². The van der Waals surface area contributed by atoms with E-state index in [0.717, 1.165) is 17.3 Å². The molecule has 2 aromatic rings. The molecule has 7 heteroatoms. The van der Waals surface area contributed by atoms with Crippen LogP contribution in [0.4, 0.5) is 4.79 Å². The van der Waals surface area contributed by atoms with Crippen molar-refractivity contribution in [1.29, 1.82) is 0 Å². The molecule has 1 atom stereocenters. The minimum atomic E-state index is -0.375. The predicted molar refractivity (Wildman–Crippen MR) is 87.4 cm³/mol. The van der Waals surface area contributed by atoms with Gasteiger partial charge in [-0.2, -0.15) is 5.10 Å². The molecule has 1 unspecified atom stereocenters. The molecular weight excluding hydrogens is 308 g/mol. The number of fused-ring (bicyclic) bond motifs is 2. The largest absolute Gasteiger partial charge is 0.447 e. The predicted octanol–water partition coefficient (Wildman–Crippen LogP) is 1.48. The lowest BCUT2D eigenvalue weighted by molar-refractivity contribution is -0.136. The average Bonchev–Trinajstić information content (AvgIpc) is 3.15. The first-order valence-electron chi connectivity index (χ1n) is 8.26. The van der Waals surface area contributed by atoms with Gasteiger partial charge in [0.25, 0.3) is 0 Å². The summed E-state index contributed by atoms with van der Waals surface area (Å²) in [5.74, 6) is 0.0228. The van der Waals surface area contributed by atoms with E-state index in [4.69, 9.17) is 4.74 Å². The second-order valence-electron chi connectivity index (χ2n) is 6.48. The van der Waals surface area contributed by atoms with Crippen LogP contribution in [0.5, 0.6) is 0 Å².